The highest BCUT2D eigenvalue weighted by Crippen LogP contribution is 2.17. The highest BCUT2D eigenvalue weighted by molar-refractivity contribution is 5.75. The third-order valence-corrected chi connectivity index (χ3v) is 2.26. The second kappa shape index (κ2) is 6.12. The first-order valence-corrected chi connectivity index (χ1v) is 5.32. The van der Waals surface area contributed by atoms with Gasteiger partial charge in [-0.3, -0.25) is 4.79 Å². The first kappa shape index (κ1) is 12.5. The summed E-state index contributed by atoms with van der Waals surface area (Å²) in [5.41, 5.74) is 6.79. The minimum absolute atomic E-state index is 0.0116. The molecule has 0 aliphatic rings. The minimum atomic E-state index is -0.0247. The van der Waals surface area contributed by atoms with E-state index in [-0.39, 0.29) is 11.9 Å². The van der Waals surface area contributed by atoms with E-state index in [0.717, 1.165) is 11.3 Å². The molecule has 1 unspecified atom stereocenters. The van der Waals surface area contributed by atoms with Crippen LogP contribution >= 0.6 is 0 Å². The number of carbonyl (C=O) groups is 1. The van der Waals surface area contributed by atoms with Crippen LogP contribution in [0.3, 0.4) is 0 Å². The molecule has 0 spiro atoms. The zero-order valence-electron chi connectivity index (χ0n) is 9.69. The maximum absolute atomic E-state index is 11.0. The van der Waals surface area contributed by atoms with Gasteiger partial charge < -0.3 is 15.8 Å². The van der Waals surface area contributed by atoms with Crippen LogP contribution in [0.15, 0.2) is 24.3 Å². The summed E-state index contributed by atoms with van der Waals surface area (Å²) in [6.45, 7) is 2.30. The fourth-order valence-corrected chi connectivity index (χ4v) is 1.27. The van der Waals surface area contributed by atoms with Gasteiger partial charge in [-0.05, 0) is 24.6 Å². The number of rotatable bonds is 5. The molecule has 1 rings (SSSR count). The molecule has 1 aromatic carbocycles. The van der Waals surface area contributed by atoms with Gasteiger partial charge in [0.1, 0.15) is 5.75 Å². The largest absolute Gasteiger partial charge is 0.493 e. The quantitative estimate of drug-likeness (QED) is 0.787. The topological polar surface area (TPSA) is 64.3 Å². The Morgan fingerprint density at radius 3 is 2.94 bits per heavy atom. The van der Waals surface area contributed by atoms with E-state index in [2.05, 4.69) is 5.32 Å². The van der Waals surface area contributed by atoms with Gasteiger partial charge in [0.15, 0.2) is 0 Å². The van der Waals surface area contributed by atoms with Crippen LogP contribution in [-0.2, 0) is 4.79 Å². The Labute approximate surface area is 95.8 Å². The van der Waals surface area contributed by atoms with Gasteiger partial charge in [0.25, 0.3) is 0 Å². The van der Waals surface area contributed by atoms with Gasteiger partial charge in [-0.1, -0.05) is 12.1 Å². The second-order valence-corrected chi connectivity index (χ2v) is 3.63. The van der Waals surface area contributed by atoms with Crippen LogP contribution < -0.4 is 15.8 Å². The lowest BCUT2D eigenvalue weighted by molar-refractivity contribution is -0.121. The van der Waals surface area contributed by atoms with Crippen molar-refractivity contribution >= 4 is 5.91 Å². The standard InChI is InChI=1S/C12H18N2O2/c1-9(13)10-4-3-5-11(8-10)16-7-6-12(15)14-2/h3-5,8-9H,6-7,13H2,1-2H3,(H,14,15). The van der Waals surface area contributed by atoms with Crippen LogP contribution in [0.2, 0.25) is 0 Å². The molecule has 0 heterocycles. The Morgan fingerprint density at radius 2 is 2.31 bits per heavy atom. The normalized spacial score (nSPS) is 11.9. The number of benzene rings is 1. The molecule has 4 nitrogen and oxygen atoms in total. The molecule has 0 bridgehead atoms. The summed E-state index contributed by atoms with van der Waals surface area (Å²) in [6, 6.07) is 7.59. The molecule has 1 atom stereocenters. The average molecular weight is 222 g/mol. The minimum Gasteiger partial charge on any atom is -0.493 e. The summed E-state index contributed by atoms with van der Waals surface area (Å²) in [4.78, 5) is 11.0. The van der Waals surface area contributed by atoms with Crippen molar-refractivity contribution in [3.63, 3.8) is 0 Å². The van der Waals surface area contributed by atoms with Crippen molar-refractivity contribution in [1.29, 1.82) is 0 Å². The molecular weight excluding hydrogens is 204 g/mol. The monoisotopic (exact) mass is 222 g/mol. The molecular formula is C12H18N2O2. The van der Waals surface area contributed by atoms with Crippen LogP contribution in [0.4, 0.5) is 0 Å². The molecule has 0 saturated carbocycles. The van der Waals surface area contributed by atoms with E-state index in [1.165, 1.54) is 0 Å². The van der Waals surface area contributed by atoms with E-state index in [1.807, 2.05) is 31.2 Å². The number of nitrogens with two attached hydrogens (primary N) is 1. The first-order valence-electron chi connectivity index (χ1n) is 5.32. The summed E-state index contributed by atoms with van der Waals surface area (Å²) < 4.78 is 5.45. The van der Waals surface area contributed by atoms with Crippen LogP contribution in [0.5, 0.6) is 5.75 Å². The highest BCUT2D eigenvalue weighted by Gasteiger charge is 2.02. The maximum atomic E-state index is 11.0. The Hall–Kier alpha value is -1.55. The number of nitrogens with one attached hydrogen (secondary N) is 1. The first-order chi connectivity index (χ1) is 7.63. The van der Waals surface area contributed by atoms with E-state index in [9.17, 15) is 4.79 Å². The molecule has 0 aliphatic heterocycles. The molecule has 0 radical (unpaired) electrons. The second-order valence-electron chi connectivity index (χ2n) is 3.63. The lowest BCUT2D eigenvalue weighted by Gasteiger charge is -2.09. The summed E-state index contributed by atoms with van der Waals surface area (Å²) in [6.07, 6.45) is 0.360. The summed E-state index contributed by atoms with van der Waals surface area (Å²) >= 11 is 0. The molecule has 4 heteroatoms. The van der Waals surface area contributed by atoms with Crippen molar-refractivity contribution in [1.82, 2.24) is 5.32 Å². The fraction of sp³-hybridized carbons (Fsp3) is 0.417. The predicted molar refractivity (Wildman–Crippen MR) is 63.2 cm³/mol. The molecule has 3 N–H and O–H groups in total. The van der Waals surface area contributed by atoms with Crippen molar-refractivity contribution in [2.45, 2.75) is 19.4 Å². The van der Waals surface area contributed by atoms with E-state index in [1.54, 1.807) is 7.05 Å². The van der Waals surface area contributed by atoms with E-state index < -0.39 is 0 Å². The molecule has 1 amide bonds. The molecule has 0 saturated heterocycles. The van der Waals surface area contributed by atoms with Gasteiger partial charge in [0.2, 0.25) is 5.91 Å². The predicted octanol–water partition coefficient (Wildman–Crippen LogP) is 1.22. The van der Waals surface area contributed by atoms with Crippen molar-refractivity contribution in [3.05, 3.63) is 29.8 Å². The van der Waals surface area contributed by atoms with Crippen LogP contribution in [-0.4, -0.2) is 19.6 Å². The zero-order chi connectivity index (χ0) is 12.0. The Balaban J connectivity index is 2.48. The van der Waals surface area contributed by atoms with Gasteiger partial charge in [-0.15, -0.1) is 0 Å². The lowest BCUT2D eigenvalue weighted by Crippen LogP contribution is -2.20. The smallest absolute Gasteiger partial charge is 0.223 e. The van der Waals surface area contributed by atoms with Crippen LogP contribution in [0.1, 0.15) is 24.9 Å². The molecule has 88 valence electrons. The van der Waals surface area contributed by atoms with Crippen LogP contribution in [0, 0.1) is 0 Å². The van der Waals surface area contributed by atoms with Crippen molar-refractivity contribution < 1.29 is 9.53 Å². The van der Waals surface area contributed by atoms with Gasteiger partial charge in [0.05, 0.1) is 13.0 Å². The van der Waals surface area contributed by atoms with Gasteiger partial charge in [-0.25, -0.2) is 0 Å². The van der Waals surface area contributed by atoms with Gasteiger partial charge in [0, 0.05) is 13.1 Å². The Bertz CT molecular complexity index is 351. The van der Waals surface area contributed by atoms with Crippen molar-refractivity contribution in [2.24, 2.45) is 5.73 Å². The highest BCUT2D eigenvalue weighted by atomic mass is 16.5. The van der Waals surface area contributed by atoms with Gasteiger partial charge in [-0.2, -0.15) is 0 Å². The SMILES string of the molecule is CNC(=O)CCOc1cccc(C(C)N)c1. The molecule has 1 aromatic rings. The Morgan fingerprint density at radius 1 is 1.56 bits per heavy atom. The molecule has 0 aliphatic carbocycles. The average Bonchev–Trinajstić information content (AvgIpc) is 2.29. The fourth-order valence-electron chi connectivity index (χ4n) is 1.27. The molecule has 0 aromatic heterocycles. The summed E-state index contributed by atoms with van der Waals surface area (Å²) in [5, 5.41) is 2.54. The Kier molecular flexibility index (Phi) is 4.79. The number of hydrogen-bond donors (Lipinski definition) is 2. The van der Waals surface area contributed by atoms with Crippen LogP contribution in [0.25, 0.3) is 0 Å². The molecule has 16 heavy (non-hydrogen) atoms. The van der Waals surface area contributed by atoms with E-state index in [0.29, 0.717) is 13.0 Å². The number of ether oxygens (including phenoxy) is 1. The third kappa shape index (κ3) is 3.90. The zero-order valence-corrected chi connectivity index (χ0v) is 9.69. The third-order valence-electron chi connectivity index (χ3n) is 2.26. The van der Waals surface area contributed by atoms with E-state index in [4.69, 9.17) is 10.5 Å². The molecule has 0 fully saturated rings. The van der Waals surface area contributed by atoms with Crippen molar-refractivity contribution in [3.8, 4) is 5.75 Å². The number of carbonyl (C=O) groups excluding carboxylic acids is 1. The lowest BCUT2D eigenvalue weighted by atomic mass is 10.1. The summed E-state index contributed by atoms with van der Waals surface area (Å²) in [7, 11) is 1.61. The number of hydrogen-bond acceptors (Lipinski definition) is 3. The van der Waals surface area contributed by atoms with Gasteiger partial charge >= 0.3 is 0 Å². The van der Waals surface area contributed by atoms with E-state index >= 15 is 0 Å². The summed E-state index contributed by atoms with van der Waals surface area (Å²) in [5.74, 6) is 0.724. The number of amides is 1. The van der Waals surface area contributed by atoms with Crippen molar-refractivity contribution in [2.75, 3.05) is 13.7 Å². The maximum Gasteiger partial charge on any atom is 0.223 e.